The first kappa shape index (κ1) is 24.7. The maximum Gasteiger partial charge on any atom is 0.586 e. The standard InChI is InChI=1S/C27H24ClF3N2O3S/c1-15-6-9-33(14-15)25(18-4-3-17(28)11-19(18)29)22-13-32-24(37-22)12-23(34)26(7-8-26)16-2-5-20-21(10-16)36-27(30,31)35-20/h2-5,10-11,13,15,25H,6-9,12,14H2,1H3/t15-,25-/m0/s1. The van der Waals surface area contributed by atoms with Crippen LogP contribution >= 0.6 is 22.9 Å². The van der Waals surface area contributed by atoms with Gasteiger partial charge in [-0.1, -0.05) is 30.7 Å². The number of nitrogens with zero attached hydrogens (tertiary/aromatic N) is 2. The maximum absolute atomic E-state index is 15.0. The molecule has 3 aliphatic rings. The van der Waals surface area contributed by atoms with Crippen LogP contribution in [0.25, 0.3) is 0 Å². The molecule has 37 heavy (non-hydrogen) atoms. The number of hydrogen-bond donors (Lipinski definition) is 0. The second-order valence-electron chi connectivity index (χ2n) is 10.1. The molecule has 2 aromatic carbocycles. The number of carbonyl (C=O) groups is 1. The molecule has 1 saturated heterocycles. The number of ketones is 1. The Morgan fingerprint density at radius 2 is 2.00 bits per heavy atom. The van der Waals surface area contributed by atoms with E-state index in [0.29, 0.717) is 39.9 Å². The summed E-state index contributed by atoms with van der Waals surface area (Å²) in [5, 5.41) is 0.984. The van der Waals surface area contributed by atoms with E-state index in [1.54, 1.807) is 24.4 Å². The molecule has 2 atom stereocenters. The number of hydrogen-bond acceptors (Lipinski definition) is 6. The van der Waals surface area contributed by atoms with E-state index in [4.69, 9.17) is 11.6 Å². The number of alkyl halides is 2. The molecule has 194 valence electrons. The van der Waals surface area contributed by atoms with Gasteiger partial charge in [0.15, 0.2) is 11.5 Å². The molecule has 10 heteroatoms. The Morgan fingerprint density at radius 1 is 1.22 bits per heavy atom. The molecule has 5 nitrogen and oxygen atoms in total. The third-order valence-corrected chi connectivity index (χ3v) is 8.75. The van der Waals surface area contributed by atoms with Crippen molar-refractivity contribution in [3.8, 4) is 11.5 Å². The van der Waals surface area contributed by atoms with E-state index >= 15 is 4.39 Å². The molecular weight excluding hydrogens is 525 g/mol. The van der Waals surface area contributed by atoms with Crippen molar-refractivity contribution < 1.29 is 27.4 Å². The highest BCUT2D eigenvalue weighted by Gasteiger charge is 2.52. The van der Waals surface area contributed by atoms with Crippen LogP contribution in [-0.4, -0.2) is 35.1 Å². The Hall–Kier alpha value is -2.62. The van der Waals surface area contributed by atoms with Crippen molar-refractivity contribution in [3.63, 3.8) is 0 Å². The molecule has 0 bridgehead atoms. The molecule has 1 aromatic heterocycles. The average Bonchev–Trinajstić information content (AvgIpc) is 3.16. The lowest BCUT2D eigenvalue weighted by atomic mass is 9.89. The van der Waals surface area contributed by atoms with Crippen molar-refractivity contribution in [3.05, 3.63) is 74.4 Å². The Balaban J connectivity index is 1.24. The number of Topliss-reactive ketones (excluding diaryl/α,β-unsaturated/α-hetero) is 1. The van der Waals surface area contributed by atoms with Gasteiger partial charge in [0, 0.05) is 28.2 Å². The van der Waals surface area contributed by atoms with E-state index in [2.05, 4.69) is 26.3 Å². The molecule has 0 unspecified atom stereocenters. The van der Waals surface area contributed by atoms with Crippen LogP contribution in [0.2, 0.25) is 5.02 Å². The lowest BCUT2D eigenvalue weighted by Gasteiger charge is -2.27. The molecule has 2 fully saturated rings. The molecular formula is C27H24ClF3N2O3S. The first-order chi connectivity index (χ1) is 17.6. The van der Waals surface area contributed by atoms with Crippen LogP contribution in [0.15, 0.2) is 42.6 Å². The summed E-state index contributed by atoms with van der Waals surface area (Å²) in [5.74, 6) is 0.00343. The van der Waals surface area contributed by atoms with Crippen LogP contribution in [0.5, 0.6) is 11.5 Å². The molecule has 0 amide bonds. The van der Waals surface area contributed by atoms with Gasteiger partial charge in [-0.2, -0.15) is 0 Å². The zero-order chi connectivity index (χ0) is 25.9. The molecule has 6 rings (SSSR count). The fraction of sp³-hybridized carbons (Fsp3) is 0.407. The topological polar surface area (TPSA) is 51.7 Å². The number of rotatable bonds is 7. The van der Waals surface area contributed by atoms with Gasteiger partial charge in [0.05, 0.1) is 17.9 Å². The summed E-state index contributed by atoms with van der Waals surface area (Å²) in [6.07, 6.45) is 0.430. The van der Waals surface area contributed by atoms with Gasteiger partial charge < -0.3 is 9.47 Å². The number of ether oxygens (including phenoxy) is 2. The van der Waals surface area contributed by atoms with Crippen molar-refractivity contribution in [1.29, 1.82) is 0 Å². The summed E-state index contributed by atoms with van der Waals surface area (Å²) in [6, 6.07) is 8.97. The molecule has 0 N–H and O–H groups in total. The van der Waals surface area contributed by atoms with Crippen LogP contribution in [-0.2, 0) is 16.6 Å². The number of thiazole rings is 1. The number of fused-ring (bicyclic) bond motifs is 1. The minimum absolute atomic E-state index is 0.0250. The molecule has 1 saturated carbocycles. The Morgan fingerprint density at radius 3 is 2.70 bits per heavy atom. The minimum atomic E-state index is -3.70. The Labute approximate surface area is 221 Å². The largest absolute Gasteiger partial charge is 0.586 e. The molecule has 1 aliphatic carbocycles. The highest BCUT2D eigenvalue weighted by Crippen LogP contribution is 2.53. The summed E-state index contributed by atoms with van der Waals surface area (Å²) >= 11 is 7.41. The van der Waals surface area contributed by atoms with Gasteiger partial charge in [0.1, 0.15) is 16.6 Å². The van der Waals surface area contributed by atoms with Crippen LogP contribution in [0.4, 0.5) is 13.2 Å². The summed E-state index contributed by atoms with van der Waals surface area (Å²) in [5.41, 5.74) is 0.436. The van der Waals surface area contributed by atoms with Gasteiger partial charge in [-0.05, 0) is 61.6 Å². The van der Waals surface area contributed by atoms with E-state index in [1.165, 1.54) is 29.5 Å². The van der Waals surface area contributed by atoms with Crippen molar-refractivity contribution in [2.75, 3.05) is 13.1 Å². The normalized spacial score (nSPS) is 22.2. The van der Waals surface area contributed by atoms with Gasteiger partial charge in [-0.25, -0.2) is 9.37 Å². The predicted octanol–water partition coefficient (Wildman–Crippen LogP) is 6.53. The highest BCUT2D eigenvalue weighted by atomic mass is 35.5. The number of likely N-dealkylation sites (tertiary alicyclic amines) is 1. The SMILES string of the molecule is C[C@H]1CCN([C@H](c2cnc(CC(=O)C3(c4ccc5c(c4)OC(F)(F)O5)CC3)s2)c2ccc(Cl)cc2F)C1. The van der Waals surface area contributed by atoms with Crippen LogP contribution < -0.4 is 9.47 Å². The fourth-order valence-corrected chi connectivity index (χ4v) is 6.63. The van der Waals surface area contributed by atoms with Crippen LogP contribution in [0.3, 0.4) is 0 Å². The third kappa shape index (κ3) is 4.62. The summed E-state index contributed by atoms with van der Waals surface area (Å²) in [4.78, 5) is 21.1. The minimum Gasteiger partial charge on any atom is -0.395 e. The maximum atomic E-state index is 15.0. The average molecular weight is 549 g/mol. The van der Waals surface area contributed by atoms with Crippen LogP contribution in [0, 0.1) is 11.7 Å². The van der Waals surface area contributed by atoms with E-state index in [9.17, 15) is 13.6 Å². The van der Waals surface area contributed by atoms with E-state index < -0.39 is 11.7 Å². The zero-order valence-electron chi connectivity index (χ0n) is 20.0. The van der Waals surface area contributed by atoms with E-state index in [1.807, 2.05) is 0 Å². The predicted molar refractivity (Wildman–Crippen MR) is 133 cm³/mol. The molecule has 0 spiro atoms. The van der Waals surface area contributed by atoms with Gasteiger partial charge in [0.2, 0.25) is 0 Å². The second-order valence-corrected chi connectivity index (χ2v) is 11.7. The van der Waals surface area contributed by atoms with E-state index in [-0.39, 0.29) is 35.6 Å². The smallest absolute Gasteiger partial charge is 0.395 e. The second kappa shape index (κ2) is 8.99. The molecule has 3 aromatic rings. The monoisotopic (exact) mass is 548 g/mol. The lowest BCUT2D eigenvalue weighted by molar-refractivity contribution is -0.286. The number of aromatic nitrogens is 1. The quantitative estimate of drug-likeness (QED) is 0.336. The first-order valence-corrected chi connectivity index (χ1v) is 13.4. The van der Waals surface area contributed by atoms with Gasteiger partial charge in [-0.15, -0.1) is 20.1 Å². The van der Waals surface area contributed by atoms with Crippen molar-refractivity contribution in [1.82, 2.24) is 9.88 Å². The third-order valence-electron chi connectivity index (χ3n) is 7.47. The van der Waals surface area contributed by atoms with E-state index in [0.717, 1.165) is 24.4 Å². The molecule has 3 heterocycles. The summed E-state index contributed by atoms with van der Waals surface area (Å²) in [7, 11) is 0. The van der Waals surface area contributed by atoms with Gasteiger partial charge in [0.25, 0.3) is 0 Å². The summed E-state index contributed by atoms with van der Waals surface area (Å²) in [6.45, 7) is 3.86. The van der Waals surface area contributed by atoms with Crippen molar-refractivity contribution in [2.24, 2.45) is 5.92 Å². The van der Waals surface area contributed by atoms with Gasteiger partial charge >= 0.3 is 6.29 Å². The first-order valence-electron chi connectivity index (χ1n) is 12.2. The highest BCUT2D eigenvalue weighted by molar-refractivity contribution is 7.11. The van der Waals surface area contributed by atoms with Crippen LogP contribution in [0.1, 0.15) is 53.2 Å². The Bertz CT molecular complexity index is 1380. The van der Waals surface area contributed by atoms with Gasteiger partial charge in [-0.3, -0.25) is 9.69 Å². The lowest BCUT2D eigenvalue weighted by Crippen LogP contribution is -2.27. The van der Waals surface area contributed by atoms with Crippen molar-refractivity contribution >= 4 is 28.7 Å². The molecule has 2 aliphatic heterocycles. The Kier molecular flexibility index (Phi) is 6.00. The zero-order valence-corrected chi connectivity index (χ0v) is 21.6. The number of carbonyl (C=O) groups excluding carboxylic acids is 1. The fourth-order valence-electron chi connectivity index (χ4n) is 5.40. The number of benzene rings is 2. The number of halogens is 4. The van der Waals surface area contributed by atoms with Crippen molar-refractivity contribution in [2.45, 2.75) is 50.4 Å². The molecule has 0 radical (unpaired) electrons. The summed E-state index contributed by atoms with van der Waals surface area (Å²) < 4.78 is 50.9.